The van der Waals surface area contributed by atoms with Crippen molar-refractivity contribution in [1.82, 2.24) is 10.6 Å². The number of hydrogen-bond acceptors (Lipinski definition) is 3. The summed E-state index contributed by atoms with van der Waals surface area (Å²) < 4.78 is 5.32. The molecule has 0 aromatic heterocycles. The summed E-state index contributed by atoms with van der Waals surface area (Å²) in [6, 6.07) is 0. The molecule has 0 aliphatic carbocycles. The maximum absolute atomic E-state index is 12.0. The maximum Gasteiger partial charge on any atom is 0.224 e. The molecule has 0 spiro atoms. The lowest BCUT2D eigenvalue weighted by molar-refractivity contribution is -0.127. The van der Waals surface area contributed by atoms with Gasteiger partial charge in [-0.3, -0.25) is 4.79 Å². The van der Waals surface area contributed by atoms with Crippen molar-refractivity contribution < 1.29 is 9.53 Å². The van der Waals surface area contributed by atoms with Gasteiger partial charge in [0.25, 0.3) is 0 Å². The third-order valence-corrected chi connectivity index (χ3v) is 3.31. The summed E-state index contributed by atoms with van der Waals surface area (Å²) in [6.45, 7) is 5.35. The van der Waals surface area contributed by atoms with Crippen LogP contribution in [0.15, 0.2) is 0 Å². The number of carbonyl (C=O) groups is 1. The Hall–Kier alpha value is -0.320. The fourth-order valence-electron chi connectivity index (χ4n) is 2.24. The van der Waals surface area contributed by atoms with E-state index in [2.05, 4.69) is 17.6 Å². The molecule has 0 bridgehead atoms. The van der Waals surface area contributed by atoms with Crippen molar-refractivity contribution in [2.24, 2.45) is 5.92 Å². The molecular weight excluding hydrogens is 228 g/mol. The molecule has 5 heteroatoms. The first kappa shape index (κ1) is 13.7. The van der Waals surface area contributed by atoms with Gasteiger partial charge in [0.15, 0.2) is 0 Å². The zero-order valence-electron chi connectivity index (χ0n) is 9.75. The SMILES string of the molecule is CC1(NC(=O)[C@@H]2CCCNC2)CCOC1.Cl. The molecule has 2 atom stereocenters. The molecule has 2 rings (SSSR count). The predicted octanol–water partition coefficient (Wildman–Crippen LogP) is 0.703. The zero-order valence-corrected chi connectivity index (χ0v) is 10.6. The van der Waals surface area contributed by atoms with Crippen LogP contribution in [0.3, 0.4) is 0 Å². The highest BCUT2D eigenvalue weighted by atomic mass is 35.5. The third kappa shape index (κ3) is 3.34. The van der Waals surface area contributed by atoms with E-state index in [9.17, 15) is 4.79 Å². The van der Waals surface area contributed by atoms with Gasteiger partial charge < -0.3 is 15.4 Å². The summed E-state index contributed by atoms with van der Waals surface area (Å²) in [7, 11) is 0. The van der Waals surface area contributed by atoms with E-state index in [-0.39, 0.29) is 29.8 Å². The van der Waals surface area contributed by atoms with Gasteiger partial charge in [0.2, 0.25) is 5.91 Å². The summed E-state index contributed by atoms with van der Waals surface area (Å²) in [5.74, 6) is 0.339. The molecule has 16 heavy (non-hydrogen) atoms. The Morgan fingerprint density at radius 2 is 2.38 bits per heavy atom. The van der Waals surface area contributed by atoms with Crippen LogP contribution < -0.4 is 10.6 Å². The maximum atomic E-state index is 12.0. The minimum atomic E-state index is -0.130. The van der Waals surface area contributed by atoms with Gasteiger partial charge in [-0.15, -0.1) is 12.4 Å². The van der Waals surface area contributed by atoms with Crippen molar-refractivity contribution in [2.45, 2.75) is 31.7 Å². The molecule has 1 unspecified atom stereocenters. The van der Waals surface area contributed by atoms with Crippen LogP contribution in [0.4, 0.5) is 0 Å². The van der Waals surface area contributed by atoms with Crippen LogP contribution in [-0.2, 0) is 9.53 Å². The van der Waals surface area contributed by atoms with Gasteiger partial charge in [-0.2, -0.15) is 0 Å². The fraction of sp³-hybridized carbons (Fsp3) is 0.909. The largest absolute Gasteiger partial charge is 0.379 e. The number of rotatable bonds is 2. The highest BCUT2D eigenvalue weighted by Crippen LogP contribution is 2.19. The standard InChI is InChI=1S/C11H20N2O2.ClH/c1-11(4-6-15-8-11)13-10(14)9-3-2-5-12-7-9;/h9,12H,2-8H2,1H3,(H,13,14);1H/t9-,11?;/m1./s1. The fourth-order valence-corrected chi connectivity index (χ4v) is 2.24. The molecule has 2 aliphatic rings. The van der Waals surface area contributed by atoms with E-state index in [1.807, 2.05) is 0 Å². The summed E-state index contributed by atoms with van der Waals surface area (Å²) in [5, 5.41) is 6.38. The molecule has 2 N–H and O–H groups in total. The van der Waals surface area contributed by atoms with Crippen LogP contribution in [0.2, 0.25) is 0 Å². The van der Waals surface area contributed by atoms with E-state index in [1.165, 1.54) is 0 Å². The third-order valence-electron chi connectivity index (χ3n) is 3.31. The van der Waals surface area contributed by atoms with Crippen LogP contribution in [0.5, 0.6) is 0 Å². The number of amides is 1. The summed E-state index contributed by atoms with van der Waals surface area (Å²) >= 11 is 0. The van der Waals surface area contributed by atoms with Crippen LogP contribution in [0.1, 0.15) is 26.2 Å². The number of ether oxygens (including phenoxy) is 1. The minimum absolute atomic E-state index is 0. The van der Waals surface area contributed by atoms with Gasteiger partial charge >= 0.3 is 0 Å². The van der Waals surface area contributed by atoms with Gasteiger partial charge in [-0.1, -0.05) is 0 Å². The van der Waals surface area contributed by atoms with Crippen molar-refractivity contribution in [3.8, 4) is 0 Å². The van der Waals surface area contributed by atoms with E-state index in [0.717, 1.165) is 39.0 Å². The number of carbonyl (C=O) groups excluding carboxylic acids is 1. The first-order valence-electron chi connectivity index (χ1n) is 5.80. The highest BCUT2D eigenvalue weighted by molar-refractivity contribution is 5.85. The number of hydrogen-bond donors (Lipinski definition) is 2. The minimum Gasteiger partial charge on any atom is -0.379 e. The molecule has 1 amide bonds. The molecule has 0 aromatic rings. The smallest absolute Gasteiger partial charge is 0.224 e. The number of halogens is 1. The average Bonchev–Trinajstić information content (AvgIpc) is 2.66. The summed E-state index contributed by atoms with van der Waals surface area (Å²) in [5.41, 5.74) is -0.130. The van der Waals surface area contributed by atoms with Gasteiger partial charge in [0, 0.05) is 13.2 Å². The van der Waals surface area contributed by atoms with Crippen molar-refractivity contribution >= 4 is 18.3 Å². The molecule has 4 nitrogen and oxygen atoms in total. The second-order valence-corrected chi connectivity index (χ2v) is 4.90. The molecule has 0 aromatic carbocycles. The summed E-state index contributed by atoms with van der Waals surface area (Å²) in [6.07, 6.45) is 3.04. The van der Waals surface area contributed by atoms with Crippen molar-refractivity contribution in [1.29, 1.82) is 0 Å². The molecule has 94 valence electrons. The Morgan fingerprint density at radius 1 is 1.56 bits per heavy atom. The lowest BCUT2D eigenvalue weighted by atomic mass is 9.95. The molecule has 2 saturated heterocycles. The average molecular weight is 249 g/mol. The molecule has 0 radical (unpaired) electrons. The van der Waals surface area contributed by atoms with Crippen molar-refractivity contribution in [3.63, 3.8) is 0 Å². The Balaban J connectivity index is 0.00000128. The lowest BCUT2D eigenvalue weighted by Gasteiger charge is -2.28. The van der Waals surface area contributed by atoms with Crippen LogP contribution in [-0.4, -0.2) is 37.7 Å². The monoisotopic (exact) mass is 248 g/mol. The predicted molar refractivity (Wildman–Crippen MR) is 64.8 cm³/mol. The topological polar surface area (TPSA) is 50.4 Å². The summed E-state index contributed by atoms with van der Waals surface area (Å²) in [4.78, 5) is 12.0. The number of nitrogens with one attached hydrogen (secondary N) is 2. The van der Waals surface area contributed by atoms with Crippen LogP contribution in [0, 0.1) is 5.92 Å². The van der Waals surface area contributed by atoms with E-state index in [1.54, 1.807) is 0 Å². The number of piperidine rings is 1. The zero-order chi connectivity index (χ0) is 10.7. The first-order valence-corrected chi connectivity index (χ1v) is 5.80. The van der Waals surface area contributed by atoms with E-state index in [4.69, 9.17) is 4.74 Å². The molecule has 2 fully saturated rings. The van der Waals surface area contributed by atoms with Gasteiger partial charge in [-0.25, -0.2) is 0 Å². The van der Waals surface area contributed by atoms with Gasteiger partial charge in [-0.05, 0) is 32.7 Å². The molecular formula is C11H21ClN2O2. The molecule has 2 heterocycles. The van der Waals surface area contributed by atoms with Crippen LogP contribution >= 0.6 is 12.4 Å². The molecule has 2 aliphatic heterocycles. The second kappa shape index (κ2) is 5.84. The van der Waals surface area contributed by atoms with Crippen molar-refractivity contribution in [2.75, 3.05) is 26.3 Å². The second-order valence-electron chi connectivity index (χ2n) is 4.90. The van der Waals surface area contributed by atoms with Gasteiger partial charge in [0.05, 0.1) is 18.1 Å². The Morgan fingerprint density at radius 3 is 2.94 bits per heavy atom. The lowest BCUT2D eigenvalue weighted by Crippen LogP contribution is -2.51. The Bertz CT molecular complexity index is 236. The van der Waals surface area contributed by atoms with Crippen LogP contribution in [0.25, 0.3) is 0 Å². The molecule has 0 saturated carbocycles. The van der Waals surface area contributed by atoms with E-state index >= 15 is 0 Å². The first-order chi connectivity index (χ1) is 7.20. The van der Waals surface area contributed by atoms with E-state index in [0.29, 0.717) is 6.61 Å². The normalized spacial score (nSPS) is 34.2. The highest BCUT2D eigenvalue weighted by Gasteiger charge is 2.33. The van der Waals surface area contributed by atoms with Crippen molar-refractivity contribution in [3.05, 3.63) is 0 Å². The Labute approximate surface area is 103 Å². The Kier molecular flexibility index (Phi) is 5.02. The van der Waals surface area contributed by atoms with Gasteiger partial charge in [0.1, 0.15) is 0 Å². The quantitative estimate of drug-likeness (QED) is 0.757. The van der Waals surface area contributed by atoms with E-state index < -0.39 is 0 Å².